The molecule has 10 rings (SSSR count). The lowest BCUT2D eigenvalue weighted by Gasteiger charge is -2.38. The number of methoxy groups -OCH3 is 3. The first kappa shape index (κ1) is 83.4. The fraction of sp³-hybridized carbons (Fsp3) is 0.500. The van der Waals surface area contributed by atoms with Gasteiger partial charge in [-0.3, -0.25) is 29.8 Å². The summed E-state index contributed by atoms with van der Waals surface area (Å²) in [7, 11) is 4.12. The van der Waals surface area contributed by atoms with Gasteiger partial charge in [-0.2, -0.15) is 0 Å². The SMILES string of the molecule is C=C1CC(C2OCCO2)N(C(=O)c2cc(OC)c(OCCCCCOc3cc(NC(=O)OCc4ccc(O[C@@H]5O[C@H](C(=O)O)[C@@H](O)[C@H](O)[C@H]5O)c(C(=O)NCCOC)c4)c(C(=O)N4CC(=C)C[C@H]4C4OCCO4)cc3OC)cc2NC(=O)OCc2ccc(O[C@@H]3O[C@H](C(=O)O)[C@@H](O)[C@H](O)[C@H]3O)c(C(=O)NCCON)c2)C1. The zero-order valence-corrected chi connectivity index (χ0v) is 60.6. The van der Waals surface area contributed by atoms with Crippen LogP contribution in [0.15, 0.2) is 85.0 Å². The van der Waals surface area contributed by atoms with E-state index in [1.807, 2.05) is 0 Å². The van der Waals surface area contributed by atoms with E-state index in [1.54, 1.807) is 0 Å². The average Bonchev–Trinajstić information content (AvgIpc) is 1.47. The van der Waals surface area contributed by atoms with Crippen LogP contribution in [0.1, 0.15) is 84.7 Å². The van der Waals surface area contributed by atoms with Gasteiger partial charge < -0.3 is 137 Å². The van der Waals surface area contributed by atoms with Crippen molar-refractivity contribution in [3.63, 3.8) is 0 Å². The number of carbonyl (C=O) groups excluding carboxylic acids is 6. The predicted octanol–water partition coefficient (Wildman–Crippen LogP) is 0.655. The molecule has 6 fully saturated rings. The van der Waals surface area contributed by atoms with Gasteiger partial charge in [0, 0.05) is 45.4 Å². The normalized spacial score (nSPS) is 24.0. The zero-order chi connectivity index (χ0) is 79.7. The number of carboxylic acid groups (broad SMARTS) is 2. The van der Waals surface area contributed by atoms with Crippen LogP contribution in [0.25, 0.3) is 0 Å². The first-order valence-corrected chi connectivity index (χ1v) is 35.1. The van der Waals surface area contributed by atoms with Gasteiger partial charge in [0.25, 0.3) is 23.6 Å². The van der Waals surface area contributed by atoms with Crippen LogP contribution in [0.5, 0.6) is 34.5 Å². The van der Waals surface area contributed by atoms with E-state index < -0.39 is 147 Å². The van der Waals surface area contributed by atoms with E-state index in [2.05, 4.69) is 39.3 Å². The number of rotatable bonds is 34. The lowest BCUT2D eigenvalue weighted by molar-refractivity contribution is -0.271. The summed E-state index contributed by atoms with van der Waals surface area (Å²) < 4.78 is 85.7. The summed E-state index contributed by atoms with van der Waals surface area (Å²) in [5.74, 6) is -1.05. The van der Waals surface area contributed by atoms with Gasteiger partial charge in [0.2, 0.25) is 12.6 Å². The number of carboxylic acids is 2. The number of hydrogen-bond donors (Lipinski definition) is 13. The molecule has 1 unspecified atom stereocenters. The molecule has 0 spiro atoms. The van der Waals surface area contributed by atoms with Gasteiger partial charge in [-0.1, -0.05) is 36.4 Å². The van der Waals surface area contributed by atoms with Crippen LogP contribution in [0.2, 0.25) is 0 Å². The lowest BCUT2D eigenvalue weighted by atomic mass is 9.99. The van der Waals surface area contributed by atoms with E-state index in [1.165, 1.54) is 91.8 Å². The summed E-state index contributed by atoms with van der Waals surface area (Å²) in [4.78, 5) is 116. The molecule has 14 N–H and O–H groups in total. The standard InChI is InChI=1S/C72H89N7O32/c1-35-23-45(67-101-19-20-102-67)78(31-35)63(88)39-27-49(97-4)51(29-43(39)76-71(94)105-33-37-9-11-47(41(25-37)61(86)74-13-17-96-3)108-69-57(84)53(80)55(82)59(110-69)65(90)91)99-15-7-6-8-16-100-52-30-44(40(28-50(52)98-5)64(89)79-32-36(2)24-46(79)68-103-21-22-104-68)77-72(95)106-34-38-10-12-48(42(26-38)62(87)75-14-18-107-73)109-70-58(85)54(81)56(83)60(111-70)66(92)93/h9-12,25-30,45-46,53-60,67-70,80-85H,1-2,6-8,13-24,31-34,73H2,3-5H3,(H,74,86)(H,75,87)(H,76,94)(H,77,95)(H,90,91)(H,92,93)/t45-,46?,53-,54-,55-,56-,57+,58+,59-,60-,69+,70+/m0/s1. The number of aliphatic carboxylic acids is 2. The van der Waals surface area contributed by atoms with Crippen molar-refractivity contribution in [3.05, 3.63) is 118 Å². The molecule has 0 radical (unpaired) electrons. The third kappa shape index (κ3) is 20.5. The summed E-state index contributed by atoms with van der Waals surface area (Å²) in [6, 6.07) is 12.1. The van der Waals surface area contributed by atoms with Crippen LogP contribution in [0, 0.1) is 0 Å². The maximum absolute atomic E-state index is 14.8. The zero-order valence-electron chi connectivity index (χ0n) is 60.6. The summed E-state index contributed by atoms with van der Waals surface area (Å²) >= 11 is 0. The highest BCUT2D eigenvalue weighted by Crippen LogP contribution is 2.41. The van der Waals surface area contributed by atoms with Gasteiger partial charge in [0.15, 0.2) is 47.8 Å². The number of amides is 6. The fourth-order valence-corrected chi connectivity index (χ4v) is 12.8. The number of unbranched alkanes of at least 4 members (excludes halogenated alkanes) is 2. The highest BCUT2D eigenvalue weighted by molar-refractivity contribution is 6.05. The molecule has 604 valence electrons. The third-order valence-corrected chi connectivity index (χ3v) is 18.4. The molecule has 39 nitrogen and oxygen atoms in total. The van der Waals surface area contributed by atoms with Gasteiger partial charge in [-0.15, -0.1) is 0 Å². The summed E-state index contributed by atoms with van der Waals surface area (Å²) in [5, 5.41) is 92.4. The molecule has 4 aromatic carbocycles. The first-order valence-electron chi connectivity index (χ1n) is 35.1. The van der Waals surface area contributed by atoms with E-state index in [0.717, 1.165) is 0 Å². The van der Waals surface area contributed by atoms with Crippen molar-refractivity contribution in [1.29, 1.82) is 0 Å². The van der Waals surface area contributed by atoms with Crippen LogP contribution < -0.4 is 55.6 Å². The second-order valence-electron chi connectivity index (χ2n) is 26.1. The maximum atomic E-state index is 14.8. The van der Waals surface area contributed by atoms with Crippen LogP contribution in [0.3, 0.4) is 0 Å². The first-order chi connectivity index (χ1) is 53.3. The van der Waals surface area contributed by atoms with Gasteiger partial charge in [-0.25, -0.2) is 25.1 Å². The van der Waals surface area contributed by atoms with Gasteiger partial charge >= 0.3 is 24.1 Å². The highest BCUT2D eigenvalue weighted by atomic mass is 16.7. The van der Waals surface area contributed by atoms with E-state index >= 15 is 0 Å². The molecule has 0 bridgehead atoms. The number of nitrogens with zero attached hydrogens (tertiary/aromatic N) is 2. The number of hydrogen-bond acceptors (Lipinski definition) is 31. The summed E-state index contributed by atoms with van der Waals surface area (Å²) in [6.07, 6.45) is -21.6. The van der Waals surface area contributed by atoms with Crippen LogP contribution in [0.4, 0.5) is 21.0 Å². The molecule has 12 atom stereocenters. The number of nitrogens with one attached hydrogen (secondary N) is 4. The Balaban J connectivity index is 0.828. The third-order valence-electron chi connectivity index (χ3n) is 18.4. The minimum atomic E-state index is -2.03. The van der Waals surface area contributed by atoms with E-state index in [4.69, 9.17) is 76.9 Å². The topological polar surface area (TPSA) is 527 Å². The van der Waals surface area contributed by atoms with Crippen molar-refractivity contribution >= 4 is 59.1 Å². The van der Waals surface area contributed by atoms with Crippen LogP contribution in [-0.2, 0) is 70.3 Å². The second-order valence-corrected chi connectivity index (χ2v) is 26.1. The molecule has 111 heavy (non-hydrogen) atoms. The van der Waals surface area contributed by atoms with Crippen LogP contribution >= 0.6 is 0 Å². The molecule has 6 heterocycles. The van der Waals surface area contributed by atoms with E-state index in [9.17, 15) is 79.2 Å². The molecular weight excluding hydrogens is 1470 g/mol. The van der Waals surface area contributed by atoms with Crippen LogP contribution in [-0.4, -0.2) is 285 Å². The number of likely N-dealkylation sites (tertiary alicyclic amines) is 2. The molecular formula is C72H89N7O32. The number of carbonyl (C=O) groups is 8. The Morgan fingerprint density at radius 3 is 1.28 bits per heavy atom. The summed E-state index contributed by atoms with van der Waals surface area (Å²) in [5.41, 5.74) is 1.08. The molecule has 6 aliphatic heterocycles. The maximum Gasteiger partial charge on any atom is 0.411 e. The van der Waals surface area contributed by atoms with Gasteiger partial charge in [-0.05, 0) is 79.6 Å². The Bertz CT molecular complexity index is 3770. The van der Waals surface area contributed by atoms with E-state index in [-0.39, 0.29) is 132 Å². The smallest absolute Gasteiger partial charge is 0.411 e. The minimum Gasteiger partial charge on any atom is -0.493 e. The van der Waals surface area contributed by atoms with Gasteiger partial charge in [0.1, 0.15) is 61.3 Å². The largest absolute Gasteiger partial charge is 0.493 e. The quantitative estimate of drug-likeness (QED) is 0.0173. The van der Waals surface area contributed by atoms with Gasteiger partial charge in [0.05, 0.1) is 113 Å². The number of nitrogens with two attached hydrogens (primary N) is 1. The Kier molecular flexibility index (Phi) is 29.1. The number of ether oxygens (including phenoxy) is 15. The summed E-state index contributed by atoms with van der Waals surface area (Å²) in [6.45, 7) is 8.60. The molecule has 0 aliphatic carbocycles. The molecule has 0 aromatic heterocycles. The Morgan fingerprint density at radius 1 is 0.495 bits per heavy atom. The Morgan fingerprint density at radius 2 is 0.901 bits per heavy atom. The fourth-order valence-electron chi connectivity index (χ4n) is 12.8. The van der Waals surface area contributed by atoms with Crippen molar-refractivity contribution in [1.82, 2.24) is 20.4 Å². The Labute approximate surface area is 633 Å². The molecule has 6 amide bonds. The molecule has 0 saturated carbocycles. The van der Waals surface area contributed by atoms with Crippen molar-refractivity contribution in [2.24, 2.45) is 5.90 Å². The monoisotopic (exact) mass is 1560 g/mol. The minimum absolute atomic E-state index is 0.0166. The average molecular weight is 1560 g/mol. The second kappa shape index (κ2) is 38.7. The number of anilines is 2. The molecule has 6 aliphatic rings. The van der Waals surface area contributed by atoms with E-state index in [0.29, 0.717) is 69.7 Å². The molecule has 39 heteroatoms. The number of aliphatic hydroxyl groups is 6. The Hall–Kier alpha value is -10.1. The predicted molar refractivity (Wildman–Crippen MR) is 376 cm³/mol. The molecule has 4 aromatic rings. The lowest BCUT2D eigenvalue weighted by Crippen LogP contribution is -2.61. The number of aliphatic hydroxyl groups excluding tert-OH is 6. The van der Waals surface area contributed by atoms with Crippen molar-refractivity contribution in [3.8, 4) is 34.5 Å². The highest BCUT2D eigenvalue weighted by Gasteiger charge is 2.51. The van der Waals surface area contributed by atoms with Crippen molar-refractivity contribution < 1.29 is 155 Å². The number of benzene rings is 4. The van der Waals surface area contributed by atoms with Crippen molar-refractivity contribution in [2.45, 2.75) is 131 Å². The molecule has 6 saturated heterocycles. The van der Waals surface area contributed by atoms with Crippen molar-refractivity contribution in [2.75, 3.05) is 111 Å².